The fourth-order valence-electron chi connectivity index (χ4n) is 5.26. The molecule has 0 bridgehead atoms. The highest BCUT2D eigenvalue weighted by Gasteiger charge is 2.25. The van der Waals surface area contributed by atoms with E-state index in [0.717, 1.165) is 24.3 Å². The summed E-state index contributed by atoms with van der Waals surface area (Å²) in [5.74, 6) is -3.32. The number of ether oxygens (including phenoxy) is 2. The van der Waals surface area contributed by atoms with Gasteiger partial charge in [0.2, 0.25) is 0 Å². The quantitative estimate of drug-likeness (QED) is 0.171. The molecule has 4 aromatic carbocycles. The minimum Gasteiger partial charge on any atom is -0.497 e. The van der Waals surface area contributed by atoms with Crippen LogP contribution in [0.4, 0.5) is 17.6 Å². The number of aromatic nitrogens is 4. The molecule has 0 aliphatic carbocycles. The van der Waals surface area contributed by atoms with Crippen LogP contribution in [0.2, 0.25) is 15.2 Å². The first-order valence-electron chi connectivity index (χ1n) is 14.5. The summed E-state index contributed by atoms with van der Waals surface area (Å²) in [4.78, 5) is 12.4. The Morgan fingerprint density at radius 1 is 0.560 bits per heavy atom. The Hall–Kier alpha value is -4.97. The first kappa shape index (κ1) is 36.3. The molecule has 6 rings (SSSR count). The van der Waals surface area contributed by atoms with Crippen LogP contribution < -0.4 is 15.0 Å². The Morgan fingerprint density at radius 2 is 0.960 bits per heavy atom. The van der Waals surface area contributed by atoms with E-state index < -0.39 is 34.4 Å². The summed E-state index contributed by atoms with van der Waals surface area (Å²) in [6, 6.07) is 17.6. The molecule has 6 aromatic rings. The zero-order valence-electron chi connectivity index (χ0n) is 26.6. The fourth-order valence-corrected chi connectivity index (χ4v) is 5.74. The van der Waals surface area contributed by atoms with Gasteiger partial charge in [-0.2, -0.15) is 10.2 Å². The van der Waals surface area contributed by atoms with Crippen LogP contribution in [-0.2, 0) is 0 Å². The molecule has 0 unspecified atom stereocenters. The van der Waals surface area contributed by atoms with Gasteiger partial charge in [-0.05, 0) is 49.2 Å². The highest BCUT2D eigenvalue weighted by Crippen LogP contribution is 2.41. The maximum Gasteiger partial charge on any atom is 0.272 e. The second-order valence-corrected chi connectivity index (χ2v) is 11.9. The van der Waals surface area contributed by atoms with E-state index in [1.807, 2.05) is 0 Å². The zero-order chi connectivity index (χ0) is 36.3. The van der Waals surface area contributed by atoms with Gasteiger partial charge in [-0.25, -0.2) is 22.7 Å². The van der Waals surface area contributed by atoms with Gasteiger partial charge < -0.3 is 9.47 Å². The first-order valence-corrected chi connectivity index (χ1v) is 15.7. The number of halogens is 7. The smallest absolute Gasteiger partial charge is 0.272 e. The molecule has 50 heavy (non-hydrogen) atoms. The topological polar surface area (TPSA) is 90.0 Å². The average Bonchev–Trinajstić information content (AvgIpc) is 3.08. The minimum atomic E-state index is -0.900. The van der Waals surface area contributed by atoms with Crippen LogP contribution in [0.5, 0.6) is 11.5 Å². The summed E-state index contributed by atoms with van der Waals surface area (Å²) in [5.41, 5.74) is 1.56. The van der Waals surface area contributed by atoms with E-state index in [2.05, 4.69) is 20.4 Å². The van der Waals surface area contributed by atoms with E-state index >= 15 is 0 Å². The number of benzene rings is 4. The summed E-state index contributed by atoms with van der Waals surface area (Å²) in [7, 11) is 2.63. The standard InChI is InChI=1S/C18H12Cl2F2N2O.C18H13ClF2N2O2/c1-9-15(10-3-5-11(19)6-4-10)17(18(20)24-23-9)16-13(21)7-12(25-2)8-14(16)22;1-9-15(10-3-5-11(19)6-4-10)17(18(24)23-22-9)16-13(20)7-12(25-2)8-14(16)21/h3-8H,1-2H3;3-8H,1-2H3,(H,23,24). The van der Waals surface area contributed by atoms with Crippen LogP contribution >= 0.6 is 34.8 Å². The summed E-state index contributed by atoms with van der Waals surface area (Å²) >= 11 is 18.0. The van der Waals surface area contributed by atoms with Crippen molar-refractivity contribution in [3.63, 3.8) is 0 Å². The summed E-state index contributed by atoms with van der Waals surface area (Å²) in [6.07, 6.45) is 0. The molecule has 2 heterocycles. The van der Waals surface area contributed by atoms with Gasteiger partial charge in [-0.1, -0.05) is 59.1 Å². The van der Waals surface area contributed by atoms with Crippen molar-refractivity contribution in [3.05, 3.63) is 133 Å². The molecule has 0 saturated carbocycles. The number of aromatic amines is 1. The molecule has 0 fully saturated rings. The van der Waals surface area contributed by atoms with Gasteiger partial charge in [0.05, 0.1) is 42.3 Å². The zero-order valence-corrected chi connectivity index (χ0v) is 28.9. The summed E-state index contributed by atoms with van der Waals surface area (Å²) in [6.45, 7) is 3.33. The molecule has 0 atom stereocenters. The maximum absolute atomic E-state index is 14.6. The largest absolute Gasteiger partial charge is 0.497 e. The maximum atomic E-state index is 14.6. The lowest BCUT2D eigenvalue weighted by atomic mass is 9.94. The summed E-state index contributed by atoms with van der Waals surface area (Å²) < 4.78 is 68.0. The number of methoxy groups -OCH3 is 2. The number of hydrogen-bond donors (Lipinski definition) is 1. The lowest BCUT2D eigenvalue weighted by Crippen LogP contribution is -2.16. The Morgan fingerprint density at radius 3 is 1.38 bits per heavy atom. The van der Waals surface area contributed by atoms with Gasteiger partial charge in [-0.3, -0.25) is 4.79 Å². The van der Waals surface area contributed by atoms with Crippen LogP contribution in [0.1, 0.15) is 11.4 Å². The van der Waals surface area contributed by atoms with Crippen LogP contribution in [-0.4, -0.2) is 34.6 Å². The predicted octanol–water partition coefficient (Wildman–Crippen LogP) is 10.1. The number of H-pyrrole nitrogens is 1. The molecule has 14 heteroatoms. The molecular weight excluding hydrogens is 719 g/mol. The molecule has 256 valence electrons. The molecular formula is C36H25Cl3F4N4O3. The third kappa shape index (κ3) is 7.45. The number of aryl methyl sites for hydroxylation is 2. The van der Waals surface area contributed by atoms with E-state index in [9.17, 15) is 22.4 Å². The number of hydrogen-bond acceptors (Lipinski definition) is 6. The molecule has 0 spiro atoms. The third-order valence-electron chi connectivity index (χ3n) is 7.54. The Balaban J connectivity index is 0.000000194. The monoisotopic (exact) mass is 742 g/mol. The van der Waals surface area contributed by atoms with Crippen LogP contribution in [0.15, 0.2) is 77.6 Å². The van der Waals surface area contributed by atoms with Gasteiger partial charge in [0.15, 0.2) is 5.15 Å². The van der Waals surface area contributed by atoms with E-state index in [1.165, 1.54) is 14.2 Å². The minimum absolute atomic E-state index is 0.0222. The van der Waals surface area contributed by atoms with Crippen molar-refractivity contribution in [2.75, 3.05) is 14.2 Å². The molecule has 0 saturated heterocycles. The number of nitrogens with zero attached hydrogens (tertiary/aromatic N) is 3. The molecule has 0 aliphatic heterocycles. The van der Waals surface area contributed by atoms with Crippen LogP contribution in [0, 0.1) is 37.1 Å². The molecule has 0 aliphatic rings. The highest BCUT2D eigenvalue weighted by atomic mass is 35.5. The number of nitrogens with one attached hydrogen (secondary N) is 1. The fraction of sp³-hybridized carbons (Fsp3) is 0.111. The van der Waals surface area contributed by atoms with Crippen LogP contribution in [0.3, 0.4) is 0 Å². The SMILES string of the molecule is COc1cc(F)c(-c2c(-c3ccc(Cl)cc3)c(C)n[nH]c2=O)c(F)c1.COc1cc(F)c(-c2c(Cl)nnc(C)c2-c2ccc(Cl)cc2)c(F)c1. The third-order valence-corrected chi connectivity index (χ3v) is 8.31. The van der Waals surface area contributed by atoms with Gasteiger partial charge >= 0.3 is 0 Å². The second-order valence-electron chi connectivity index (χ2n) is 10.7. The lowest BCUT2D eigenvalue weighted by Gasteiger charge is -2.15. The van der Waals surface area contributed by atoms with Crippen molar-refractivity contribution < 1.29 is 27.0 Å². The van der Waals surface area contributed by atoms with Crippen molar-refractivity contribution in [1.29, 1.82) is 0 Å². The second kappa shape index (κ2) is 15.3. The van der Waals surface area contributed by atoms with E-state index in [-0.39, 0.29) is 33.3 Å². The first-order chi connectivity index (χ1) is 23.8. The van der Waals surface area contributed by atoms with E-state index in [0.29, 0.717) is 43.7 Å². The van der Waals surface area contributed by atoms with Crippen molar-refractivity contribution >= 4 is 34.8 Å². The molecule has 2 aromatic heterocycles. The Labute approximate surface area is 298 Å². The lowest BCUT2D eigenvalue weighted by molar-refractivity contribution is 0.407. The molecule has 1 N–H and O–H groups in total. The van der Waals surface area contributed by atoms with E-state index in [4.69, 9.17) is 44.3 Å². The Kier molecular flexibility index (Phi) is 11.1. The van der Waals surface area contributed by atoms with Gasteiger partial charge in [-0.15, -0.1) is 5.10 Å². The highest BCUT2D eigenvalue weighted by molar-refractivity contribution is 6.33. The van der Waals surface area contributed by atoms with Gasteiger partial charge in [0.1, 0.15) is 34.8 Å². The van der Waals surface area contributed by atoms with Crippen molar-refractivity contribution in [1.82, 2.24) is 20.4 Å². The molecule has 0 radical (unpaired) electrons. The van der Waals surface area contributed by atoms with Crippen molar-refractivity contribution in [2.45, 2.75) is 13.8 Å². The normalized spacial score (nSPS) is 10.8. The van der Waals surface area contributed by atoms with Crippen LogP contribution in [0.25, 0.3) is 44.5 Å². The molecule has 0 amide bonds. The van der Waals surface area contributed by atoms with Gasteiger partial charge in [0, 0.05) is 51.0 Å². The number of rotatable bonds is 6. The van der Waals surface area contributed by atoms with E-state index in [1.54, 1.807) is 62.4 Å². The average molecular weight is 744 g/mol. The Bertz CT molecular complexity index is 2220. The predicted molar refractivity (Wildman–Crippen MR) is 186 cm³/mol. The summed E-state index contributed by atoms with van der Waals surface area (Å²) in [5, 5.41) is 14.9. The van der Waals surface area contributed by atoms with Crippen molar-refractivity contribution in [3.8, 4) is 56.0 Å². The molecule has 7 nitrogen and oxygen atoms in total. The van der Waals surface area contributed by atoms with Crippen molar-refractivity contribution in [2.24, 2.45) is 0 Å². The van der Waals surface area contributed by atoms with Gasteiger partial charge in [0.25, 0.3) is 5.56 Å².